The molecule has 7 heteroatoms. The van der Waals surface area contributed by atoms with Crippen LogP contribution < -0.4 is 5.32 Å². The third-order valence-corrected chi connectivity index (χ3v) is 2.90. The average Bonchev–Trinajstić information content (AvgIpc) is 2.34. The number of amides is 1. The van der Waals surface area contributed by atoms with Gasteiger partial charge >= 0.3 is 5.97 Å². The Hall–Kier alpha value is -1.76. The van der Waals surface area contributed by atoms with E-state index in [1.807, 2.05) is 6.26 Å². The summed E-state index contributed by atoms with van der Waals surface area (Å²) in [5.74, 6) is -1.36. The first-order chi connectivity index (χ1) is 8.56. The minimum Gasteiger partial charge on any atom is -0.505 e. The molecule has 0 aliphatic carbocycles. The Bertz CT molecular complexity index is 439. The number of rotatable bonds is 6. The number of carboxylic acids is 1. The molecule has 0 spiro atoms. The molecule has 1 atom stereocenters. The highest BCUT2D eigenvalue weighted by molar-refractivity contribution is 7.98. The van der Waals surface area contributed by atoms with Gasteiger partial charge in [-0.05, 0) is 24.5 Å². The van der Waals surface area contributed by atoms with E-state index in [1.54, 1.807) is 0 Å². The number of thioether (sulfide) groups is 1. The molecule has 0 saturated carbocycles. The van der Waals surface area contributed by atoms with Gasteiger partial charge in [-0.2, -0.15) is 11.8 Å². The van der Waals surface area contributed by atoms with Gasteiger partial charge in [-0.1, -0.05) is 0 Å². The Balaban J connectivity index is 2.72. The van der Waals surface area contributed by atoms with Gasteiger partial charge in [0.05, 0.1) is 11.8 Å². The summed E-state index contributed by atoms with van der Waals surface area (Å²) < 4.78 is 0. The number of pyridine rings is 1. The number of carbonyl (C=O) groups is 2. The van der Waals surface area contributed by atoms with Crippen molar-refractivity contribution in [1.82, 2.24) is 10.3 Å². The van der Waals surface area contributed by atoms with Crippen LogP contribution in [0.3, 0.4) is 0 Å². The van der Waals surface area contributed by atoms with Gasteiger partial charge in [0.25, 0.3) is 5.91 Å². The molecule has 0 fully saturated rings. The Labute approximate surface area is 108 Å². The molecule has 1 aromatic heterocycles. The molecule has 1 heterocycles. The lowest BCUT2D eigenvalue weighted by Crippen LogP contribution is -2.41. The third-order valence-electron chi connectivity index (χ3n) is 2.26. The number of carboxylic acid groups (broad SMARTS) is 1. The maximum absolute atomic E-state index is 11.8. The molecule has 6 nitrogen and oxygen atoms in total. The number of aromatic nitrogens is 1. The standard InChI is InChI=1S/C11H14N2O4S/c1-18-5-3-8(11(16)17)13-10(15)7-2-4-12-6-9(7)14/h2,4,6,8,14H,3,5H2,1H3,(H,13,15)(H,16,17)/t8-/m1/s1. The first-order valence-corrected chi connectivity index (χ1v) is 6.61. The van der Waals surface area contributed by atoms with Crippen LogP contribution in [0.2, 0.25) is 0 Å². The molecule has 0 aromatic carbocycles. The quantitative estimate of drug-likeness (QED) is 0.704. The summed E-state index contributed by atoms with van der Waals surface area (Å²) in [5, 5.41) is 20.8. The SMILES string of the molecule is CSCC[C@@H](NC(=O)c1ccncc1O)C(=O)O. The number of hydrogen-bond acceptors (Lipinski definition) is 5. The molecular weight excluding hydrogens is 256 g/mol. The average molecular weight is 270 g/mol. The summed E-state index contributed by atoms with van der Waals surface area (Å²) in [7, 11) is 0. The van der Waals surface area contributed by atoms with E-state index in [4.69, 9.17) is 5.11 Å². The fraction of sp³-hybridized carbons (Fsp3) is 0.364. The zero-order valence-corrected chi connectivity index (χ0v) is 10.6. The Morgan fingerprint density at radius 2 is 2.28 bits per heavy atom. The summed E-state index contributed by atoms with van der Waals surface area (Å²) in [6.45, 7) is 0. The summed E-state index contributed by atoms with van der Waals surface area (Å²) >= 11 is 1.50. The van der Waals surface area contributed by atoms with Crippen LogP contribution in [0.4, 0.5) is 0 Å². The number of nitrogens with one attached hydrogen (secondary N) is 1. The summed E-state index contributed by atoms with van der Waals surface area (Å²) in [6, 6.07) is 0.371. The summed E-state index contributed by atoms with van der Waals surface area (Å²) in [6.07, 6.45) is 4.67. The van der Waals surface area contributed by atoms with Crippen molar-refractivity contribution in [2.75, 3.05) is 12.0 Å². The highest BCUT2D eigenvalue weighted by Gasteiger charge is 2.21. The molecular formula is C11H14N2O4S. The van der Waals surface area contributed by atoms with E-state index in [0.29, 0.717) is 12.2 Å². The van der Waals surface area contributed by atoms with Crippen molar-refractivity contribution in [1.29, 1.82) is 0 Å². The van der Waals surface area contributed by atoms with E-state index in [2.05, 4.69) is 10.3 Å². The van der Waals surface area contributed by atoms with E-state index >= 15 is 0 Å². The van der Waals surface area contributed by atoms with Crippen LogP contribution in [-0.4, -0.2) is 45.1 Å². The van der Waals surface area contributed by atoms with Crippen molar-refractivity contribution in [2.24, 2.45) is 0 Å². The minimum absolute atomic E-state index is 0.0143. The molecule has 1 aromatic rings. The fourth-order valence-corrected chi connectivity index (χ4v) is 1.78. The first-order valence-electron chi connectivity index (χ1n) is 5.22. The zero-order chi connectivity index (χ0) is 13.5. The van der Waals surface area contributed by atoms with Gasteiger partial charge in [-0.15, -0.1) is 0 Å². The number of aromatic hydroxyl groups is 1. The Morgan fingerprint density at radius 1 is 1.56 bits per heavy atom. The number of nitrogens with zero attached hydrogens (tertiary/aromatic N) is 1. The largest absolute Gasteiger partial charge is 0.505 e. The van der Waals surface area contributed by atoms with Crippen molar-refractivity contribution in [3.63, 3.8) is 0 Å². The van der Waals surface area contributed by atoms with Crippen LogP contribution in [0.5, 0.6) is 5.75 Å². The van der Waals surface area contributed by atoms with Gasteiger partial charge < -0.3 is 15.5 Å². The molecule has 0 aliphatic rings. The second-order valence-corrected chi connectivity index (χ2v) is 4.52. The third kappa shape index (κ3) is 3.92. The number of hydrogen-bond donors (Lipinski definition) is 3. The highest BCUT2D eigenvalue weighted by Crippen LogP contribution is 2.14. The number of aliphatic carboxylic acids is 1. The highest BCUT2D eigenvalue weighted by atomic mass is 32.2. The van der Waals surface area contributed by atoms with Crippen molar-refractivity contribution in [2.45, 2.75) is 12.5 Å². The van der Waals surface area contributed by atoms with Gasteiger partial charge in [-0.3, -0.25) is 9.78 Å². The first kappa shape index (κ1) is 14.3. The molecule has 1 rings (SSSR count). The molecule has 0 unspecified atom stereocenters. The monoisotopic (exact) mass is 270 g/mol. The van der Waals surface area contributed by atoms with E-state index in [-0.39, 0.29) is 11.3 Å². The molecule has 0 saturated heterocycles. The van der Waals surface area contributed by atoms with Gasteiger partial charge in [0, 0.05) is 6.20 Å². The van der Waals surface area contributed by atoms with Crippen molar-refractivity contribution in [3.8, 4) is 5.75 Å². The predicted molar refractivity (Wildman–Crippen MR) is 67.8 cm³/mol. The molecule has 0 bridgehead atoms. The van der Waals surface area contributed by atoms with E-state index in [0.717, 1.165) is 6.20 Å². The van der Waals surface area contributed by atoms with Crippen LogP contribution in [0.15, 0.2) is 18.5 Å². The second-order valence-electron chi connectivity index (χ2n) is 3.54. The Kier molecular flexibility index (Phi) is 5.44. The normalized spacial score (nSPS) is 11.8. The van der Waals surface area contributed by atoms with Gasteiger partial charge in [0.1, 0.15) is 11.8 Å². The van der Waals surface area contributed by atoms with Crippen LogP contribution in [0, 0.1) is 0 Å². The second kappa shape index (κ2) is 6.85. The van der Waals surface area contributed by atoms with E-state index in [1.165, 1.54) is 24.0 Å². The van der Waals surface area contributed by atoms with Crippen LogP contribution in [0.25, 0.3) is 0 Å². The lowest BCUT2D eigenvalue weighted by atomic mass is 10.2. The van der Waals surface area contributed by atoms with Gasteiger partial charge in [-0.25, -0.2) is 4.79 Å². The van der Waals surface area contributed by atoms with Crippen LogP contribution in [0.1, 0.15) is 16.8 Å². The fourth-order valence-electron chi connectivity index (χ4n) is 1.31. The van der Waals surface area contributed by atoms with Crippen molar-refractivity contribution >= 4 is 23.6 Å². The Morgan fingerprint density at radius 3 is 2.83 bits per heavy atom. The molecule has 3 N–H and O–H groups in total. The molecule has 1 amide bonds. The number of carbonyl (C=O) groups excluding carboxylic acids is 1. The van der Waals surface area contributed by atoms with E-state index < -0.39 is 17.9 Å². The van der Waals surface area contributed by atoms with Gasteiger partial charge in [0.2, 0.25) is 0 Å². The zero-order valence-electron chi connectivity index (χ0n) is 9.79. The van der Waals surface area contributed by atoms with Crippen molar-refractivity contribution in [3.05, 3.63) is 24.0 Å². The molecule has 0 radical (unpaired) electrons. The lowest BCUT2D eigenvalue weighted by molar-refractivity contribution is -0.139. The minimum atomic E-state index is -1.09. The molecule has 0 aliphatic heterocycles. The lowest BCUT2D eigenvalue weighted by Gasteiger charge is -2.14. The maximum Gasteiger partial charge on any atom is 0.326 e. The molecule has 98 valence electrons. The topological polar surface area (TPSA) is 99.5 Å². The summed E-state index contributed by atoms with van der Waals surface area (Å²) in [4.78, 5) is 26.4. The van der Waals surface area contributed by atoms with Crippen LogP contribution in [-0.2, 0) is 4.79 Å². The van der Waals surface area contributed by atoms with Gasteiger partial charge in [0.15, 0.2) is 0 Å². The molecule has 18 heavy (non-hydrogen) atoms. The van der Waals surface area contributed by atoms with E-state index in [9.17, 15) is 14.7 Å². The smallest absolute Gasteiger partial charge is 0.326 e. The van der Waals surface area contributed by atoms with Crippen molar-refractivity contribution < 1.29 is 19.8 Å². The maximum atomic E-state index is 11.8. The summed E-state index contributed by atoms with van der Waals surface area (Å²) in [5.41, 5.74) is 0.0143. The predicted octanol–water partition coefficient (Wildman–Crippen LogP) is 0.723. The van der Waals surface area contributed by atoms with Crippen LogP contribution >= 0.6 is 11.8 Å².